The van der Waals surface area contributed by atoms with Gasteiger partial charge in [-0.2, -0.15) is 0 Å². The zero-order valence-corrected chi connectivity index (χ0v) is 11.4. The monoisotopic (exact) mass is 277 g/mol. The molecule has 1 aromatic heterocycles. The van der Waals surface area contributed by atoms with Gasteiger partial charge in [-0.3, -0.25) is 4.98 Å². The van der Waals surface area contributed by atoms with E-state index in [0.29, 0.717) is 10.0 Å². The van der Waals surface area contributed by atoms with Gasteiger partial charge in [-0.1, -0.05) is 23.8 Å². The van der Waals surface area contributed by atoms with Crippen LogP contribution in [0.4, 0.5) is 11.4 Å². The van der Waals surface area contributed by atoms with Crippen LogP contribution in [0.1, 0.15) is 5.56 Å². The molecule has 2 rings (SSSR count). The highest BCUT2D eigenvalue weighted by molar-refractivity contribution is 7.80. The van der Waals surface area contributed by atoms with Gasteiger partial charge in [-0.05, 0) is 30.3 Å². The lowest BCUT2D eigenvalue weighted by atomic mass is 10.1. The summed E-state index contributed by atoms with van der Waals surface area (Å²) in [4.78, 5) is 6.38. The maximum atomic E-state index is 5.97. The minimum Gasteiger partial charge on any atom is -0.389 e. The number of benzene rings is 1. The fraction of sp³-hybridized carbons (Fsp3) is 0.0769. The van der Waals surface area contributed by atoms with E-state index in [9.17, 15) is 0 Å². The van der Waals surface area contributed by atoms with Crippen LogP contribution in [-0.4, -0.2) is 17.0 Å². The van der Waals surface area contributed by atoms with Crippen molar-refractivity contribution in [3.05, 3.63) is 53.3 Å². The maximum absolute atomic E-state index is 5.97. The van der Waals surface area contributed by atoms with Crippen LogP contribution in [-0.2, 0) is 0 Å². The van der Waals surface area contributed by atoms with E-state index in [4.69, 9.17) is 29.6 Å². The molecular formula is C13H12ClN3S. The number of halogens is 1. The first-order valence-electron chi connectivity index (χ1n) is 5.32. The van der Waals surface area contributed by atoms with Gasteiger partial charge >= 0.3 is 0 Å². The molecule has 5 heteroatoms. The Bertz CT molecular complexity index is 572. The fourth-order valence-electron chi connectivity index (χ4n) is 1.69. The van der Waals surface area contributed by atoms with E-state index in [-0.39, 0.29) is 0 Å². The molecule has 92 valence electrons. The van der Waals surface area contributed by atoms with Gasteiger partial charge < -0.3 is 10.6 Å². The van der Waals surface area contributed by atoms with Crippen molar-refractivity contribution >= 4 is 40.2 Å². The molecular weight excluding hydrogens is 266 g/mol. The van der Waals surface area contributed by atoms with E-state index in [1.54, 1.807) is 18.5 Å². The highest BCUT2D eigenvalue weighted by Gasteiger charge is 2.11. The predicted molar refractivity (Wildman–Crippen MR) is 79.6 cm³/mol. The fourth-order valence-corrected chi connectivity index (χ4v) is 2.02. The smallest absolute Gasteiger partial charge is 0.106 e. The first-order valence-corrected chi connectivity index (χ1v) is 6.11. The number of nitrogens with zero attached hydrogens (tertiary/aromatic N) is 2. The molecule has 0 fully saturated rings. The molecule has 0 atom stereocenters. The minimum atomic E-state index is 0.322. The summed E-state index contributed by atoms with van der Waals surface area (Å²) < 4.78 is 0. The summed E-state index contributed by atoms with van der Waals surface area (Å²) in [6.45, 7) is 0. The standard InChI is InChI=1S/C13H12ClN3S/c1-17(10-3-2-6-16-8-10)12-5-4-9(14)7-11(12)13(15)18/h2-8H,1H3,(H2,15,18). The molecule has 0 radical (unpaired) electrons. The van der Waals surface area contributed by atoms with Crippen molar-refractivity contribution in [1.82, 2.24) is 4.98 Å². The number of thiocarbonyl (C=S) groups is 1. The summed E-state index contributed by atoms with van der Waals surface area (Å²) in [6, 6.07) is 9.31. The van der Waals surface area contributed by atoms with Gasteiger partial charge in [0, 0.05) is 23.8 Å². The van der Waals surface area contributed by atoms with E-state index in [2.05, 4.69) is 4.98 Å². The number of pyridine rings is 1. The Labute approximate surface area is 116 Å². The number of aromatic nitrogens is 1. The van der Waals surface area contributed by atoms with Crippen molar-refractivity contribution in [2.75, 3.05) is 11.9 Å². The first-order chi connectivity index (χ1) is 8.59. The zero-order valence-electron chi connectivity index (χ0n) is 9.80. The largest absolute Gasteiger partial charge is 0.389 e. The van der Waals surface area contributed by atoms with Crippen LogP contribution in [0.3, 0.4) is 0 Å². The second-order valence-electron chi connectivity index (χ2n) is 3.80. The average Bonchev–Trinajstić information content (AvgIpc) is 2.39. The summed E-state index contributed by atoms with van der Waals surface area (Å²) >= 11 is 11.0. The van der Waals surface area contributed by atoms with E-state index >= 15 is 0 Å². The molecule has 0 unspecified atom stereocenters. The molecule has 3 nitrogen and oxygen atoms in total. The van der Waals surface area contributed by atoms with Crippen LogP contribution in [0.5, 0.6) is 0 Å². The van der Waals surface area contributed by atoms with Crippen molar-refractivity contribution in [2.24, 2.45) is 5.73 Å². The zero-order chi connectivity index (χ0) is 13.1. The Hall–Kier alpha value is -1.65. The normalized spacial score (nSPS) is 10.1. The third-order valence-corrected chi connectivity index (χ3v) is 3.07. The lowest BCUT2D eigenvalue weighted by molar-refractivity contribution is 1.17. The van der Waals surface area contributed by atoms with Crippen LogP contribution >= 0.6 is 23.8 Å². The Balaban J connectivity index is 2.48. The molecule has 1 heterocycles. The molecule has 0 aliphatic carbocycles. The summed E-state index contributed by atoms with van der Waals surface area (Å²) in [7, 11) is 1.93. The van der Waals surface area contributed by atoms with Crippen molar-refractivity contribution in [3.63, 3.8) is 0 Å². The van der Waals surface area contributed by atoms with Crippen LogP contribution in [0, 0.1) is 0 Å². The average molecular weight is 278 g/mol. The molecule has 0 aliphatic rings. The summed E-state index contributed by atoms with van der Waals surface area (Å²) in [5, 5.41) is 0.612. The SMILES string of the molecule is CN(c1cccnc1)c1ccc(Cl)cc1C(N)=S. The van der Waals surface area contributed by atoms with Gasteiger partial charge in [0.1, 0.15) is 4.99 Å². The van der Waals surface area contributed by atoms with Gasteiger partial charge in [-0.15, -0.1) is 0 Å². The number of hydrogen-bond acceptors (Lipinski definition) is 3. The van der Waals surface area contributed by atoms with Crippen LogP contribution in [0.2, 0.25) is 5.02 Å². The van der Waals surface area contributed by atoms with Crippen LogP contribution < -0.4 is 10.6 Å². The maximum Gasteiger partial charge on any atom is 0.106 e. The summed E-state index contributed by atoms with van der Waals surface area (Å²) in [6.07, 6.45) is 3.51. The molecule has 0 bridgehead atoms. The van der Waals surface area contributed by atoms with E-state index < -0.39 is 0 Å². The molecule has 0 aliphatic heterocycles. The summed E-state index contributed by atoms with van der Waals surface area (Å²) in [5.41, 5.74) is 8.34. The van der Waals surface area contributed by atoms with Gasteiger partial charge in [0.25, 0.3) is 0 Å². The lowest BCUT2D eigenvalue weighted by Gasteiger charge is -2.22. The Kier molecular flexibility index (Phi) is 3.79. The molecule has 2 aromatic rings. The van der Waals surface area contributed by atoms with Gasteiger partial charge in [0.15, 0.2) is 0 Å². The molecule has 0 spiro atoms. The van der Waals surface area contributed by atoms with Gasteiger partial charge in [0.2, 0.25) is 0 Å². The van der Waals surface area contributed by atoms with Crippen LogP contribution in [0.25, 0.3) is 0 Å². The Morgan fingerprint density at radius 3 is 2.78 bits per heavy atom. The van der Waals surface area contributed by atoms with Crippen molar-refractivity contribution in [3.8, 4) is 0 Å². The van der Waals surface area contributed by atoms with E-state index in [0.717, 1.165) is 16.9 Å². The van der Waals surface area contributed by atoms with Crippen LogP contribution in [0.15, 0.2) is 42.7 Å². The lowest BCUT2D eigenvalue weighted by Crippen LogP contribution is -2.17. The highest BCUT2D eigenvalue weighted by Crippen LogP contribution is 2.28. The number of nitrogens with two attached hydrogens (primary N) is 1. The topological polar surface area (TPSA) is 42.2 Å². The molecule has 2 N–H and O–H groups in total. The molecule has 1 aromatic carbocycles. The van der Waals surface area contributed by atoms with Crippen molar-refractivity contribution < 1.29 is 0 Å². The third kappa shape index (κ3) is 2.60. The molecule has 0 saturated heterocycles. The molecule has 0 amide bonds. The third-order valence-electron chi connectivity index (χ3n) is 2.62. The summed E-state index contributed by atoms with van der Waals surface area (Å²) in [5.74, 6) is 0. The number of hydrogen-bond donors (Lipinski definition) is 1. The Morgan fingerprint density at radius 2 is 2.17 bits per heavy atom. The van der Waals surface area contributed by atoms with Crippen molar-refractivity contribution in [1.29, 1.82) is 0 Å². The van der Waals surface area contributed by atoms with Gasteiger partial charge in [0.05, 0.1) is 17.6 Å². The van der Waals surface area contributed by atoms with E-state index in [1.807, 2.05) is 36.2 Å². The number of rotatable bonds is 3. The van der Waals surface area contributed by atoms with Crippen molar-refractivity contribution in [2.45, 2.75) is 0 Å². The molecule has 0 saturated carbocycles. The second-order valence-corrected chi connectivity index (χ2v) is 4.67. The van der Waals surface area contributed by atoms with Gasteiger partial charge in [-0.25, -0.2) is 0 Å². The number of anilines is 2. The predicted octanol–water partition coefficient (Wildman–Crippen LogP) is 3.14. The quantitative estimate of drug-likeness (QED) is 0.875. The first kappa shape index (κ1) is 12.8. The second kappa shape index (κ2) is 5.33. The van der Waals surface area contributed by atoms with E-state index in [1.165, 1.54) is 0 Å². The highest BCUT2D eigenvalue weighted by atomic mass is 35.5. The minimum absolute atomic E-state index is 0.322. The Morgan fingerprint density at radius 1 is 1.39 bits per heavy atom. The molecule has 18 heavy (non-hydrogen) atoms.